The van der Waals surface area contributed by atoms with E-state index in [1.165, 1.54) is 19.2 Å². The number of nitrogens with two attached hydrogens (primary N) is 2. The molecular formula is C24H33FN4O4. The fourth-order valence-corrected chi connectivity index (χ4v) is 2.66. The molecule has 2 amide bonds. The number of guanidine groups is 1. The minimum absolute atomic E-state index is 0.0537. The van der Waals surface area contributed by atoms with Gasteiger partial charge in [0.15, 0.2) is 17.5 Å². The van der Waals surface area contributed by atoms with Crippen molar-refractivity contribution in [1.82, 2.24) is 5.32 Å². The highest BCUT2D eigenvalue weighted by molar-refractivity contribution is 5.92. The molecule has 0 saturated carbocycles. The van der Waals surface area contributed by atoms with Crippen LogP contribution in [0.5, 0.6) is 11.5 Å². The Bertz CT molecular complexity index is 927. The van der Waals surface area contributed by atoms with Gasteiger partial charge in [-0.3, -0.25) is 9.59 Å². The summed E-state index contributed by atoms with van der Waals surface area (Å²) in [4.78, 5) is 26.2. The van der Waals surface area contributed by atoms with Crippen molar-refractivity contribution in [3.05, 3.63) is 59.4 Å². The summed E-state index contributed by atoms with van der Waals surface area (Å²) in [7, 11) is 3.07. The van der Waals surface area contributed by atoms with E-state index < -0.39 is 5.91 Å². The molecule has 0 heterocycles. The van der Waals surface area contributed by atoms with Crippen LogP contribution >= 0.6 is 0 Å². The van der Waals surface area contributed by atoms with Crippen molar-refractivity contribution < 1.29 is 23.5 Å². The summed E-state index contributed by atoms with van der Waals surface area (Å²) in [5.74, 6) is 0.852. The van der Waals surface area contributed by atoms with Crippen LogP contribution in [0.15, 0.2) is 47.5 Å². The third kappa shape index (κ3) is 11.5. The zero-order valence-electron chi connectivity index (χ0n) is 19.6. The maximum atomic E-state index is 12.6. The van der Waals surface area contributed by atoms with E-state index in [4.69, 9.17) is 20.9 Å². The van der Waals surface area contributed by atoms with Crippen LogP contribution in [0.25, 0.3) is 0 Å². The number of methoxy groups -OCH3 is 2. The molecule has 0 atom stereocenters. The lowest BCUT2D eigenvalue weighted by atomic mass is 10.1. The monoisotopic (exact) mass is 460 g/mol. The van der Waals surface area contributed by atoms with Gasteiger partial charge in [0.1, 0.15) is 5.82 Å². The molecule has 0 radical (unpaired) electrons. The highest BCUT2D eigenvalue weighted by Crippen LogP contribution is 2.27. The van der Waals surface area contributed by atoms with Gasteiger partial charge in [-0.15, -0.1) is 0 Å². The van der Waals surface area contributed by atoms with Crippen LogP contribution in [0.4, 0.5) is 4.39 Å². The standard InChI is InChI=1S/C13H18FNO.C11H15N3O3/c1-10(2)3-8-13(16)15-9-11-4-6-12(14)7-5-11;1-16-8-4-3-7(5-9(8)17-2)6-10(15)14-11(12)13/h4-7,10H,3,8-9H2,1-2H3,(H,15,16);3-5H,6H2,1-2H3,(H4,12,13,14,15). The van der Waals surface area contributed by atoms with E-state index in [-0.39, 0.29) is 24.1 Å². The number of nitrogens with zero attached hydrogens (tertiary/aromatic N) is 1. The van der Waals surface area contributed by atoms with Crippen molar-refractivity contribution in [3.63, 3.8) is 0 Å². The van der Waals surface area contributed by atoms with Gasteiger partial charge in [0, 0.05) is 13.0 Å². The lowest BCUT2D eigenvalue weighted by Gasteiger charge is -2.08. The Morgan fingerprint density at radius 1 is 1.00 bits per heavy atom. The fraction of sp³-hybridized carbons (Fsp3) is 0.375. The Balaban J connectivity index is 0.000000331. The zero-order valence-corrected chi connectivity index (χ0v) is 19.6. The number of carbonyl (C=O) groups is 2. The number of benzene rings is 2. The van der Waals surface area contributed by atoms with Gasteiger partial charge in [-0.2, -0.15) is 4.99 Å². The molecule has 9 heteroatoms. The fourth-order valence-electron chi connectivity index (χ4n) is 2.66. The SMILES string of the molecule is CC(C)CCC(=O)NCc1ccc(F)cc1.COc1ccc(CC(=O)N=C(N)N)cc1OC. The molecule has 0 spiro atoms. The van der Waals surface area contributed by atoms with Gasteiger partial charge in [-0.05, 0) is 47.7 Å². The Morgan fingerprint density at radius 2 is 1.61 bits per heavy atom. The molecule has 0 saturated heterocycles. The summed E-state index contributed by atoms with van der Waals surface area (Å²) in [6, 6.07) is 11.3. The summed E-state index contributed by atoms with van der Waals surface area (Å²) in [6.45, 7) is 4.65. The summed E-state index contributed by atoms with van der Waals surface area (Å²) in [6.07, 6.45) is 1.56. The second-order valence-electron chi connectivity index (χ2n) is 7.63. The first-order chi connectivity index (χ1) is 15.6. The van der Waals surface area contributed by atoms with E-state index >= 15 is 0 Å². The van der Waals surface area contributed by atoms with Crippen LogP contribution in [-0.4, -0.2) is 32.0 Å². The number of aliphatic imine (C=N–C) groups is 1. The van der Waals surface area contributed by atoms with Gasteiger partial charge in [0.05, 0.1) is 20.6 Å². The number of carbonyl (C=O) groups excluding carboxylic acids is 2. The molecule has 8 nitrogen and oxygen atoms in total. The second kappa shape index (κ2) is 14.4. The minimum Gasteiger partial charge on any atom is -0.493 e. The van der Waals surface area contributed by atoms with Crippen LogP contribution in [0.3, 0.4) is 0 Å². The van der Waals surface area contributed by atoms with Gasteiger partial charge in [0.25, 0.3) is 5.91 Å². The number of amides is 2. The normalized spacial score (nSPS) is 10.0. The van der Waals surface area contributed by atoms with Crippen molar-refractivity contribution >= 4 is 17.8 Å². The number of hydrogen-bond acceptors (Lipinski definition) is 4. The summed E-state index contributed by atoms with van der Waals surface area (Å²) >= 11 is 0. The Morgan fingerprint density at radius 3 is 2.15 bits per heavy atom. The van der Waals surface area contributed by atoms with E-state index in [1.54, 1.807) is 37.4 Å². The van der Waals surface area contributed by atoms with E-state index in [1.807, 2.05) is 0 Å². The minimum atomic E-state index is -0.405. The van der Waals surface area contributed by atoms with E-state index in [0.29, 0.717) is 30.4 Å². The third-order valence-corrected chi connectivity index (χ3v) is 4.41. The molecule has 2 rings (SSSR count). The van der Waals surface area contributed by atoms with E-state index in [2.05, 4.69) is 24.2 Å². The number of nitrogens with one attached hydrogen (secondary N) is 1. The maximum Gasteiger partial charge on any atom is 0.253 e. The number of rotatable bonds is 9. The molecule has 0 aliphatic heterocycles. The molecule has 0 aliphatic rings. The molecule has 0 fully saturated rings. The maximum absolute atomic E-state index is 12.6. The number of ether oxygens (including phenoxy) is 2. The molecule has 5 N–H and O–H groups in total. The molecule has 0 bridgehead atoms. The van der Waals surface area contributed by atoms with Gasteiger partial charge >= 0.3 is 0 Å². The molecule has 0 aliphatic carbocycles. The Kier molecular flexibility index (Phi) is 12.0. The largest absolute Gasteiger partial charge is 0.493 e. The third-order valence-electron chi connectivity index (χ3n) is 4.41. The highest BCUT2D eigenvalue weighted by atomic mass is 19.1. The van der Waals surface area contributed by atoms with Crippen LogP contribution in [-0.2, 0) is 22.6 Å². The lowest BCUT2D eigenvalue weighted by Crippen LogP contribution is -2.24. The number of hydrogen-bond donors (Lipinski definition) is 3. The number of halogens is 1. The highest BCUT2D eigenvalue weighted by Gasteiger charge is 2.08. The second-order valence-corrected chi connectivity index (χ2v) is 7.63. The average Bonchev–Trinajstić information content (AvgIpc) is 2.77. The molecule has 2 aromatic carbocycles. The predicted octanol–water partition coefficient (Wildman–Crippen LogP) is 2.92. The van der Waals surface area contributed by atoms with Crippen molar-refractivity contribution in [2.24, 2.45) is 22.4 Å². The van der Waals surface area contributed by atoms with Crippen molar-refractivity contribution in [1.29, 1.82) is 0 Å². The van der Waals surface area contributed by atoms with Gasteiger partial charge in [-0.1, -0.05) is 32.0 Å². The summed E-state index contributed by atoms with van der Waals surface area (Å²) in [5.41, 5.74) is 11.9. The summed E-state index contributed by atoms with van der Waals surface area (Å²) in [5, 5.41) is 2.81. The van der Waals surface area contributed by atoms with Gasteiger partial charge in [0.2, 0.25) is 5.91 Å². The molecule has 0 aromatic heterocycles. The predicted molar refractivity (Wildman–Crippen MR) is 126 cm³/mol. The molecule has 180 valence electrons. The first-order valence-corrected chi connectivity index (χ1v) is 10.5. The zero-order chi connectivity index (χ0) is 24.8. The Hall–Kier alpha value is -3.62. The van der Waals surface area contributed by atoms with Crippen LogP contribution in [0.2, 0.25) is 0 Å². The van der Waals surface area contributed by atoms with Crippen molar-refractivity contribution in [3.8, 4) is 11.5 Å². The molecular weight excluding hydrogens is 427 g/mol. The molecule has 33 heavy (non-hydrogen) atoms. The van der Waals surface area contributed by atoms with Gasteiger partial charge in [-0.25, -0.2) is 4.39 Å². The first-order valence-electron chi connectivity index (χ1n) is 10.5. The van der Waals surface area contributed by atoms with Crippen molar-refractivity contribution in [2.75, 3.05) is 14.2 Å². The van der Waals surface area contributed by atoms with E-state index in [9.17, 15) is 14.0 Å². The topological polar surface area (TPSA) is 129 Å². The molecule has 2 aromatic rings. The van der Waals surface area contributed by atoms with Crippen LogP contribution < -0.4 is 26.3 Å². The molecule has 0 unspecified atom stereocenters. The van der Waals surface area contributed by atoms with Crippen LogP contribution in [0.1, 0.15) is 37.8 Å². The lowest BCUT2D eigenvalue weighted by molar-refractivity contribution is -0.121. The van der Waals surface area contributed by atoms with Gasteiger partial charge < -0.3 is 26.3 Å². The average molecular weight is 461 g/mol. The smallest absolute Gasteiger partial charge is 0.253 e. The Labute approximate surface area is 194 Å². The first kappa shape index (κ1) is 27.4. The quantitative estimate of drug-likeness (QED) is 0.390. The van der Waals surface area contributed by atoms with E-state index in [0.717, 1.165) is 17.5 Å². The summed E-state index contributed by atoms with van der Waals surface area (Å²) < 4.78 is 22.8. The van der Waals surface area contributed by atoms with Crippen molar-refractivity contribution in [2.45, 2.75) is 39.7 Å². The van der Waals surface area contributed by atoms with Crippen LogP contribution in [0, 0.1) is 11.7 Å².